The number of aromatic nitrogens is 4. The van der Waals surface area contributed by atoms with Crippen LogP contribution >= 0.6 is 63.4 Å². The molecule has 0 aliphatic carbocycles. The fourth-order valence-electron chi connectivity index (χ4n) is 3.73. The summed E-state index contributed by atoms with van der Waals surface area (Å²) in [4.78, 5) is 53.3. The fraction of sp³-hybridized carbons (Fsp3) is 0.273. The first-order valence-electron chi connectivity index (χ1n) is 11.4. The van der Waals surface area contributed by atoms with Crippen molar-refractivity contribution in [2.75, 3.05) is 18.1 Å². The fourth-order valence-corrected chi connectivity index (χ4v) is 7.62. The van der Waals surface area contributed by atoms with E-state index in [1.54, 1.807) is 6.92 Å². The molecule has 0 radical (unpaired) electrons. The van der Waals surface area contributed by atoms with Gasteiger partial charge < -0.3 is 25.8 Å². The number of carbonyl (C=O) groups is 3. The number of β-lactam (4-membered cyclic amide) rings is 1. The SMILES string of the molecule is Br.CCO/N=C(/C(=O)N[C@@H]1C(=O)N2C(C(=O)[O-])=C(Sc3nc(-c4cc[n+](C)cc4)cs3)CS[C@H]12)c1nsc(N)n1. The van der Waals surface area contributed by atoms with Crippen molar-refractivity contribution in [1.29, 1.82) is 0 Å². The van der Waals surface area contributed by atoms with Crippen LogP contribution in [0.4, 0.5) is 5.13 Å². The number of hydrogen-bond donors (Lipinski definition) is 2. The van der Waals surface area contributed by atoms with E-state index in [0.717, 1.165) is 27.7 Å². The van der Waals surface area contributed by atoms with Gasteiger partial charge in [0.25, 0.3) is 11.8 Å². The molecule has 3 aromatic heterocycles. The highest BCUT2D eigenvalue weighted by atomic mass is 79.9. The van der Waals surface area contributed by atoms with Gasteiger partial charge >= 0.3 is 0 Å². The third-order valence-electron chi connectivity index (χ3n) is 5.53. The number of oxime groups is 1. The zero-order chi connectivity index (χ0) is 27.7. The number of anilines is 1. The molecule has 0 saturated carbocycles. The van der Waals surface area contributed by atoms with Crippen molar-refractivity contribution in [2.24, 2.45) is 12.2 Å². The Morgan fingerprint density at radius 2 is 2.10 bits per heavy atom. The molecule has 18 heteroatoms. The predicted molar refractivity (Wildman–Crippen MR) is 154 cm³/mol. The van der Waals surface area contributed by atoms with Crippen LogP contribution in [0, 0.1) is 0 Å². The van der Waals surface area contributed by atoms with Gasteiger partial charge in [-0.2, -0.15) is 9.36 Å². The van der Waals surface area contributed by atoms with Gasteiger partial charge in [0, 0.05) is 45.3 Å². The summed E-state index contributed by atoms with van der Waals surface area (Å²) in [6.45, 7) is 1.88. The quantitative estimate of drug-likeness (QED) is 0.139. The maximum atomic E-state index is 13.1. The Morgan fingerprint density at radius 3 is 2.75 bits per heavy atom. The minimum Gasteiger partial charge on any atom is -0.543 e. The van der Waals surface area contributed by atoms with E-state index >= 15 is 0 Å². The van der Waals surface area contributed by atoms with Gasteiger partial charge in [-0.3, -0.25) is 14.5 Å². The van der Waals surface area contributed by atoms with Crippen molar-refractivity contribution in [2.45, 2.75) is 22.7 Å². The lowest BCUT2D eigenvalue weighted by atomic mass is 10.0. The molecule has 1 saturated heterocycles. The van der Waals surface area contributed by atoms with E-state index in [0.29, 0.717) is 9.24 Å². The maximum Gasteiger partial charge on any atom is 0.278 e. The van der Waals surface area contributed by atoms with Gasteiger partial charge in [0.2, 0.25) is 11.5 Å². The van der Waals surface area contributed by atoms with E-state index in [1.165, 1.54) is 34.9 Å². The number of aryl methyl sites for hydroxylation is 1. The number of pyridine rings is 1. The molecular weight excluding hydrogens is 664 g/mol. The van der Waals surface area contributed by atoms with Crippen molar-refractivity contribution < 1.29 is 28.9 Å². The second-order valence-electron chi connectivity index (χ2n) is 8.09. The Morgan fingerprint density at radius 1 is 1.35 bits per heavy atom. The molecule has 5 heterocycles. The second-order valence-corrected chi connectivity index (χ2v) is 12.2. The van der Waals surface area contributed by atoms with Gasteiger partial charge in [0.15, 0.2) is 21.9 Å². The largest absolute Gasteiger partial charge is 0.543 e. The first-order chi connectivity index (χ1) is 18.8. The van der Waals surface area contributed by atoms with E-state index in [2.05, 4.69) is 24.8 Å². The molecule has 0 spiro atoms. The lowest BCUT2D eigenvalue weighted by Gasteiger charge is -2.50. The summed E-state index contributed by atoms with van der Waals surface area (Å²) in [7, 11) is 1.92. The Hall–Kier alpha value is -3.06. The van der Waals surface area contributed by atoms with Crippen LogP contribution in [0.15, 0.2) is 50.0 Å². The molecule has 0 bridgehead atoms. The van der Waals surface area contributed by atoms with E-state index < -0.39 is 29.2 Å². The standard InChI is InChI=1S/C22H20N8O5S4.BrH/c1-3-35-27-13(16-26-21(23)39-28-16)17(31)25-14-18(32)30-15(20(33)34)12(9-36-19(14)30)38-22-24-11(8-37-22)10-4-6-29(2)7-5-10;/h4-8,14,19H,3,9H2,1-2H3,(H3-,23,25,26,28,31,33,34);1H/b27-13+;/t14-,19-;/m1./s1. The van der Waals surface area contributed by atoms with E-state index in [4.69, 9.17) is 10.6 Å². The molecular formula is C22H21BrN8O5S4. The first-order valence-corrected chi connectivity index (χ1v) is 14.9. The van der Waals surface area contributed by atoms with E-state index in [9.17, 15) is 19.5 Å². The topological polar surface area (TPSA) is 180 Å². The van der Waals surface area contributed by atoms with Crippen LogP contribution in [0.1, 0.15) is 12.7 Å². The van der Waals surface area contributed by atoms with Crippen molar-refractivity contribution in [3.63, 3.8) is 0 Å². The van der Waals surface area contributed by atoms with Gasteiger partial charge in [-0.15, -0.1) is 40.1 Å². The minimum atomic E-state index is -1.48. The number of aliphatic carboxylic acids is 1. The number of thioether (sulfide) groups is 2. The molecule has 210 valence electrons. The van der Waals surface area contributed by atoms with Crippen LogP contribution in [0.3, 0.4) is 0 Å². The molecule has 0 aromatic carbocycles. The Labute approximate surface area is 254 Å². The number of hydrogen-bond acceptors (Lipinski definition) is 14. The van der Waals surface area contributed by atoms with Crippen LogP contribution in [-0.2, 0) is 26.3 Å². The average Bonchev–Trinajstić information content (AvgIpc) is 3.56. The number of carbonyl (C=O) groups excluding carboxylic acids is 3. The van der Waals surface area contributed by atoms with Gasteiger partial charge in [-0.25, -0.2) is 9.55 Å². The molecule has 2 atom stereocenters. The third-order valence-corrected chi connectivity index (χ3v) is 9.56. The zero-order valence-electron chi connectivity index (χ0n) is 20.8. The van der Waals surface area contributed by atoms with Crippen molar-refractivity contribution in [3.8, 4) is 11.3 Å². The molecule has 13 nitrogen and oxygen atoms in total. The highest BCUT2D eigenvalue weighted by Gasteiger charge is 2.53. The number of nitrogens with zero attached hydrogens (tertiary/aromatic N) is 6. The smallest absolute Gasteiger partial charge is 0.278 e. The normalized spacial score (nSPS) is 18.5. The Bertz CT molecular complexity index is 1510. The van der Waals surface area contributed by atoms with Crippen molar-refractivity contribution in [1.82, 2.24) is 24.6 Å². The molecule has 1 fully saturated rings. The summed E-state index contributed by atoms with van der Waals surface area (Å²) < 4.78 is 6.53. The van der Waals surface area contributed by atoms with Crippen LogP contribution in [0.25, 0.3) is 11.3 Å². The monoisotopic (exact) mass is 684 g/mol. The number of thiazole rings is 1. The maximum absolute atomic E-state index is 13.1. The van der Waals surface area contributed by atoms with Gasteiger partial charge in [-0.1, -0.05) is 16.9 Å². The molecule has 3 N–H and O–H groups in total. The summed E-state index contributed by atoms with van der Waals surface area (Å²) in [5, 5.41) is 19.9. The molecule has 40 heavy (non-hydrogen) atoms. The number of fused-ring (bicyclic) bond motifs is 1. The number of halogens is 1. The number of rotatable bonds is 9. The number of carboxylic acid groups (broad SMARTS) is 1. The van der Waals surface area contributed by atoms with Crippen molar-refractivity contribution in [3.05, 3.63) is 46.3 Å². The molecule has 2 amide bonds. The average molecular weight is 686 g/mol. The summed E-state index contributed by atoms with van der Waals surface area (Å²) in [5.41, 5.74) is 6.86. The van der Waals surface area contributed by atoms with Crippen molar-refractivity contribution >= 4 is 92.0 Å². The zero-order valence-corrected chi connectivity index (χ0v) is 25.8. The molecule has 2 aliphatic heterocycles. The minimum absolute atomic E-state index is 0. The summed E-state index contributed by atoms with van der Waals surface area (Å²) >= 11 is 4.77. The first kappa shape index (κ1) is 29.9. The number of nitrogens with two attached hydrogens (primary N) is 1. The number of nitrogens with one attached hydrogen (secondary N) is 1. The number of carboxylic acids is 1. The highest BCUT2D eigenvalue weighted by Crippen LogP contribution is 2.45. The summed E-state index contributed by atoms with van der Waals surface area (Å²) in [5.74, 6) is -2.56. The van der Waals surface area contributed by atoms with Crippen LogP contribution in [0.2, 0.25) is 0 Å². The lowest BCUT2D eigenvalue weighted by molar-refractivity contribution is -0.671. The number of amides is 2. The highest BCUT2D eigenvalue weighted by molar-refractivity contribution is 8.93. The molecule has 0 unspecified atom stereocenters. The van der Waals surface area contributed by atoms with E-state index in [1.807, 2.05) is 41.5 Å². The Kier molecular flexibility index (Phi) is 9.44. The summed E-state index contributed by atoms with van der Waals surface area (Å²) in [6, 6.07) is 2.89. The van der Waals surface area contributed by atoms with Crippen LogP contribution in [0.5, 0.6) is 0 Å². The van der Waals surface area contributed by atoms with Gasteiger partial charge in [0.05, 0.1) is 17.4 Å². The Balaban J connectivity index is 0.00000370. The summed E-state index contributed by atoms with van der Waals surface area (Å²) in [6.07, 6.45) is 3.82. The van der Waals surface area contributed by atoms with Gasteiger partial charge in [0.1, 0.15) is 25.1 Å². The third kappa shape index (κ3) is 5.99. The number of nitrogen functional groups attached to an aromatic ring is 1. The molecule has 3 aromatic rings. The van der Waals surface area contributed by atoms with E-state index in [-0.39, 0.29) is 51.7 Å². The second kappa shape index (κ2) is 12.6. The van der Waals surface area contributed by atoms with Gasteiger partial charge in [-0.05, 0) is 6.92 Å². The predicted octanol–water partition coefficient (Wildman–Crippen LogP) is 0.540. The lowest BCUT2D eigenvalue weighted by Crippen LogP contribution is -2.71. The molecule has 2 aliphatic rings. The van der Waals surface area contributed by atoms with Crippen LogP contribution < -0.4 is 20.7 Å². The molecule has 5 rings (SSSR count). The van der Waals surface area contributed by atoms with Crippen LogP contribution in [-0.4, -0.2) is 66.5 Å².